The molecule has 1 heterocycles. The van der Waals surface area contributed by atoms with Crippen LogP contribution in [-0.2, 0) is 0 Å². The second-order valence-corrected chi connectivity index (χ2v) is 19.4. The first-order valence-corrected chi connectivity index (χ1v) is 22.7. The summed E-state index contributed by atoms with van der Waals surface area (Å²) in [6, 6.07) is 89.1. The minimum absolute atomic E-state index is 0.893. The predicted octanol–water partition coefficient (Wildman–Crippen LogP) is 12.8. The van der Waals surface area contributed by atoms with E-state index in [1.807, 2.05) is 6.07 Å². The molecule has 0 saturated heterocycles. The summed E-state index contributed by atoms with van der Waals surface area (Å²) in [7, 11) is -2.76. The number of para-hydroxylation sites is 1. The van der Waals surface area contributed by atoms with Crippen molar-refractivity contribution in [2.24, 2.45) is 0 Å². The van der Waals surface area contributed by atoms with Gasteiger partial charge in [0.2, 0.25) is 0 Å². The summed E-state index contributed by atoms with van der Waals surface area (Å²) in [5.74, 6) is 0. The molecule has 0 N–H and O–H groups in total. The second-order valence-electron chi connectivity index (χ2n) is 15.6. The minimum atomic E-state index is -2.76. The Labute approximate surface area is 351 Å². The molecule has 0 amide bonds. The Morgan fingerprint density at radius 1 is 0.250 bits per heavy atom. The Morgan fingerprint density at radius 2 is 0.667 bits per heavy atom. The van der Waals surface area contributed by atoms with Gasteiger partial charge in [-0.3, -0.25) is 0 Å². The highest BCUT2D eigenvalue weighted by molar-refractivity contribution is 7.19. The first-order chi connectivity index (χ1) is 29.8. The number of hydrogen-bond donors (Lipinski definition) is 0. The van der Waals surface area contributed by atoms with Gasteiger partial charge in [0.1, 0.15) is 11.2 Å². The molecule has 0 saturated carbocycles. The molecule has 0 unspecified atom stereocenters. The van der Waals surface area contributed by atoms with Gasteiger partial charge in [-0.15, -0.1) is 0 Å². The van der Waals surface area contributed by atoms with Crippen molar-refractivity contribution in [2.45, 2.75) is 0 Å². The van der Waals surface area contributed by atoms with Crippen molar-refractivity contribution in [3.05, 3.63) is 243 Å². The Morgan fingerprint density at radius 3 is 1.30 bits per heavy atom. The number of fused-ring (bicyclic) bond motifs is 4. The molecule has 2 heteroatoms. The monoisotopic (exact) mass is 780 g/mol. The van der Waals surface area contributed by atoms with Gasteiger partial charge in [0.25, 0.3) is 0 Å². The molecule has 10 aromatic carbocycles. The van der Waals surface area contributed by atoms with E-state index in [-0.39, 0.29) is 0 Å². The molecule has 0 atom stereocenters. The van der Waals surface area contributed by atoms with Gasteiger partial charge < -0.3 is 4.42 Å². The average Bonchev–Trinajstić information content (AvgIpc) is 3.72. The highest BCUT2D eigenvalue weighted by Gasteiger charge is 2.41. The van der Waals surface area contributed by atoms with E-state index in [4.69, 9.17) is 4.42 Å². The van der Waals surface area contributed by atoms with Crippen LogP contribution in [0, 0.1) is 0 Å². The van der Waals surface area contributed by atoms with Crippen LogP contribution >= 0.6 is 0 Å². The maximum absolute atomic E-state index is 6.44. The van der Waals surface area contributed by atoms with Crippen LogP contribution in [0.3, 0.4) is 0 Å². The molecule has 0 aliphatic carbocycles. The van der Waals surface area contributed by atoms with Crippen molar-refractivity contribution in [3.63, 3.8) is 0 Å². The van der Waals surface area contributed by atoms with Gasteiger partial charge in [0.05, 0.1) is 0 Å². The first-order valence-electron chi connectivity index (χ1n) is 20.7. The fourth-order valence-corrected chi connectivity index (χ4v) is 14.3. The quantitative estimate of drug-likeness (QED) is 0.111. The number of rotatable bonds is 8. The molecular formula is C58H40OSi. The zero-order valence-corrected chi connectivity index (χ0v) is 34.0. The lowest BCUT2D eigenvalue weighted by Crippen LogP contribution is -2.74. The molecule has 0 aliphatic rings. The van der Waals surface area contributed by atoms with E-state index in [0.717, 1.165) is 33.1 Å². The van der Waals surface area contributed by atoms with E-state index in [1.54, 1.807) is 0 Å². The maximum Gasteiger partial charge on any atom is 0.179 e. The van der Waals surface area contributed by atoms with E-state index in [2.05, 4.69) is 237 Å². The summed E-state index contributed by atoms with van der Waals surface area (Å²) in [5.41, 5.74) is 11.3. The minimum Gasteiger partial charge on any atom is -0.456 e. The van der Waals surface area contributed by atoms with Crippen LogP contribution in [0.15, 0.2) is 247 Å². The van der Waals surface area contributed by atoms with Crippen LogP contribution in [0.1, 0.15) is 0 Å². The molecule has 0 fully saturated rings. The maximum atomic E-state index is 6.44. The van der Waals surface area contributed by atoms with E-state index in [0.29, 0.717) is 0 Å². The lowest BCUT2D eigenvalue weighted by molar-refractivity contribution is 0.669. The third-order valence-electron chi connectivity index (χ3n) is 12.2. The van der Waals surface area contributed by atoms with E-state index < -0.39 is 8.07 Å². The van der Waals surface area contributed by atoms with Crippen LogP contribution < -0.4 is 20.7 Å². The Bertz CT molecular complexity index is 3200. The zero-order valence-electron chi connectivity index (χ0n) is 33.0. The smallest absolute Gasteiger partial charge is 0.179 e. The van der Waals surface area contributed by atoms with Crippen LogP contribution in [0.4, 0.5) is 0 Å². The van der Waals surface area contributed by atoms with Crippen molar-refractivity contribution < 1.29 is 4.42 Å². The van der Waals surface area contributed by atoms with E-state index >= 15 is 0 Å². The molecule has 11 rings (SSSR count). The lowest BCUT2D eigenvalue weighted by atomic mass is 9.89. The summed E-state index contributed by atoms with van der Waals surface area (Å²) in [6.45, 7) is 0. The summed E-state index contributed by atoms with van der Waals surface area (Å²) >= 11 is 0. The van der Waals surface area contributed by atoms with Crippen molar-refractivity contribution in [3.8, 4) is 44.5 Å². The topological polar surface area (TPSA) is 13.1 Å². The van der Waals surface area contributed by atoms with Gasteiger partial charge in [0.15, 0.2) is 8.07 Å². The molecule has 60 heavy (non-hydrogen) atoms. The number of benzene rings is 10. The molecular weight excluding hydrogens is 741 g/mol. The average molecular weight is 781 g/mol. The fraction of sp³-hybridized carbons (Fsp3) is 0. The molecule has 0 radical (unpaired) electrons. The standard InChI is InChI=1S/C58H40OSi/c1-5-19-41(20-6-1)50-30-16-34-54-51(31-17-33-53(50)54)44-37-43(38-45(39-44)52-32-18-36-57-58(52)55-29-13-14-35-56(55)59-57)42-21-15-28-49(40-42)60(46-22-7-2-8-23-46,47-24-9-3-10-25-47)48-26-11-4-12-27-48/h1-40H. The van der Waals surface area contributed by atoms with Crippen molar-refractivity contribution >= 4 is 61.5 Å². The van der Waals surface area contributed by atoms with Gasteiger partial charge in [-0.1, -0.05) is 212 Å². The van der Waals surface area contributed by atoms with Crippen LogP contribution in [-0.4, -0.2) is 8.07 Å². The van der Waals surface area contributed by atoms with Gasteiger partial charge in [-0.2, -0.15) is 0 Å². The Balaban J connectivity index is 1.18. The predicted molar refractivity (Wildman–Crippen MR) is 257 cm³/mol. The molecule has 282 valence electrons. The molecule has 0 aliphatic heterocycles. The Kier molecular flexibility index (Phi) is 8.91. The third kappa shape index (κ3) is 6.00. The normalized spacial score (nSPS) is 11.7. The molecule has 11 aromatic rings. The zero-order chi connectivity index (χ0) is 39.9. The first kappa shape index (κ1) is 35.6. The highest BCUT2D eigenvalue weighted by Crippen LogP contribution is 2.42. The highest BCUT2D eigenvalue weighted by atomic mass is 28.3. The van der Waals surface area contributed by atoms with Gasteiger partial charge in [0, 0.05) is 10.8 Å². The third-order valence-corrected chi connectivity index (χ3v) is 17.0. The summed E-state index contributed by atoms with van der Waals surface area (Å²) in [5, 5.41) is 10.1. The summed E-state index contributed by atoms with van der Waals surface area (Å²) < 4.78 is 6.44. The lowest BCUT2D eigenvalue weighted by Gasteiger charge is -2.34. The largest absolute Gasteiger partial charge is 0.456 e. The number of furan rings is 1. The SMILES string of the molecule is c1ccc(-c2cccc3c(-c4cc(-c5cccc([Si](c6ccccc6)(c6ccccc6)c6ccccc6)c5)cc(-c5cccc6oc7ccccc7c56)c4)cccc23)cc1. The van der Waals surface area contributed by atoms with Crippen LogP contribution in [0.5, 0.6) is 0 Å². The Hall–Kier alpha value is -7.52. The fourth-order valence-electron chi connectivity index (χ4n) is 9.55. The van der Waals surface area contributed by atoms with Crippen LogP contribution in [0.25, 0.3) is 77.2 Å². The second kappa shape index (κ2) is 15.0. The summed E-state index contributed by atoms with van der Waals surface area (Å²) in [4.78, 5) is 0. The van der Waals surface area contributed by atoms with Crippen LogP contribution in [0.2, 0.25) is 0 Å². The van der Waals surface area contributed by atoms with Crippen molar-refractivity contribution in [1.82, 2.24) is 0 Å². The molecule has 1 nitrogen and oxygen atoms in total. The van der Waals surface area contributed by atoms with Gasteiger partial charge in [-0.05, 0) is 106 Å². The number of hydrogen-bond acceptors (Lipinski definition) is 1. The van der Waals surface area contributed by atoms with E-state index in [1.165, 1.54) is 64.9 Å². The van der Waals surface area contributed by atoms with Crippen molar-refractivity contribution in [1.29, 1.82) is 0 Å². The van der Waals surface area contributed by atoms with Crippen molar-refractivity contribution in [2.75, 3.05) is 0 Å². The molecule has 0 spiro atoms. The van der Waals surface area contributed by atoms with Gasteiger partial charge in [-0.25, -0.2) is 0 Å². The molecule has 0 bridgehead atoms. The summed E-state index contributed by atoms with van der Waals surface area (Å²) in [6.07, 6.45) is 0. The molecule has 1 aromatic heterocycles. The van der Waals surface area contributed by atoms with Gasteiger partial charge >= 0.3 is 0 Å². The van der Waals surface area contributed by atoms with E-state index in [9.17, 15) is 0 Å².